The second-order valence-electron chi connectivity index (χ2n) is 3.43. The molecule has 0 amide bonds. The Morgan fingerprint density at radius 1 is 1.24 bits per heavy atom. The molecule has 0 spiro atoms. The van der Waals surface area contributed by atoms with Gasteiger partial charge in [0.25, 0.3) is 0 Å². The summed E-state index contributed by atoms with van der Waals surface area (Å²) in [5, 5.41) is 10.7. The first kappa shape index (κ1) is 11.1. The Morgan fingerprint density at radius 3 is 2.71 bits per heavy atom. The summed E-state index contributed by atoms with van der Waals surface area (Å²) >= 11 is 0. The molecule has 0 aromatic heterocycles. The zero-order valence-electron chi connectivity index (χ0n) is 9.00. The first-order valence-electron chi connectivity index (χ1n) is 5.08. The Labute approximate surface area is 98.6 Å². The molecule has 0 unspecified atom stereocenters. The van der Waals surface area contributed by atoms with Crippen LogP contribution in [0.4, 0.5) is 5.69 Å². The molecule has 2 rings (SSSR count). The van der Waals surface area contributed by atoms with Crippen LogP contribution in [0.2, 0.25) is 0 Å². The Balaban J connectivity index is 2.12. The van der Waals surface area contributed by atoms with Crippen molar-refractivity contribution in [2.24, 2.45) is 0 Å². The van der Waals surface area contributed by atoms with E-state index in [9.17, 15) is 10.1 Å². The minimum atomic E-state index is -0.475. The van der Waals surface area contributed by atoms with Gasteiger partial charge in [-0.2, -0.15) is 0 Å². The summed E-state index contributed by atoms with van der Waals surface area (Å²) < 4.78 is 5.42. The largest absolute Gasteiger partial charge is 0.482 e. The van der Waals surface area contributed by atoms with Crippen molar-refractivity contribution in [2.45, 2.75) is 6.61 Å². The molecule has 0 saturated heterocycles. The molecule has 85 valence electrons. The molecule has 2 aromatic carbocycles. The number of ether oxygens (including phenoxy) is 1. The van der Waals surface area contributed by atoms with E-state index < -0.39 is 4.92 Å². The monoisotopic (exact) mass is 228 g/mol. The van der Waals surface area contributed by atoms with Gasteiger partial charge in [0.05, 0.1) is 4.92 Å². The Kier molecular flexibility index (Phi) is 3.35. The molecule has 1 radical (unpaired) electrons. The fourth-order valence-electron chi connectivity index (χ4n) is 1.41. The van der Waals surface area contributed by atoms with Crippen molar-refractivity contribution in [1.82, 2.24) is 0 Å². The number of benzene rings is 2. The van der Waals surface area contributed by atoms with Crippen molar-refractivity contribution in [3.8, 4) is 5.75 Å². The second-order valence-corrected chi connectivity index (χ2v) is 3.43. The van der Waals surface area contributed by atoms with Crippen LogP contribution in [-0.2, 0) is 6.61 Å². The fourth-order valence-corrected chi connectivity index (χ4v) is 1.41. The van der Waals surface area contributed by atoms with Crippen LogP contribution < -0.4 is 4.74 Å². The summed E-state index contributed by atoms with van der Waals surface area (Å²) in [6.45, 7) is 0.311. The molecule has 0 fully saturated rings. The highest BCUT2D eigenvalue weighted by molar-refractivity contribution is 5.45. The normalized spacial score (nSPS) is 9.88. The van der Waals surface area contributed by atoms with E-state index in [2.05, 4.69) is 6.07 Å². The van der Waals surface area contributed by atoms with Gasteiger partial charge in [-0.25, -0.2) is 0 Å². The molecule has 0 atom stereocenters. The summed E-state index contributed by atoms with van der Waals surface area (Å²) in [5.41, 5.74) is 0.901. The molecule has 2 aromatic rings. The van der Waals surface area contributed by atoms with Gasteiger partial charge in [0.1, 0.15) is 6.61 Å². The van der Waals surface area contributed by atoms with E-state index in [-0.39, 0.29) is 11.4 Å². The first-order chi connectivity index (χ1) is 8.27. The lowest BCUT2D eigenvalue weighted by Gasteiger charge is -2.06. The molecule has 0 N–H and O–H groups in total. The molecule has 0 bridgehead atoms. The standard InChI is InChI=1S/C13H10NO3/c15-14(16)12-8-4-5-9-13(12)17-10-11-6-2-1-3-7-11/h1-3,5-9H,10H2. The average molecular weight is 228 g/mol. The zero-order valence-corrected chi connectivity index (χ0v) is 9.00. The highest BCUT2D eigenvalue weighted by Gasteiger charge is 2.13. The van der Waals surface area contributed by atoms with Gasteiger partial charge in [0.15, 0.2) is 5.75 Å². The van der Waals surface area contributed by atoms with Crippen LogP contribution in [0, 0.1) is 16.2 Å². The smallest absolute Gasteiger partial charge is 0.311 e. The van der Waals surface area contributed by atoms with Crippen molar-refractivity contribution < 1.29 is 9.66 Å². The van der Waals surface area contributed by atoms with Crippen molar-refractivity contribution in [1.29, 1.82) is 0 Å². The number of nitro groups is 1. The third-order valence-electron chi connectivity index (χ3n) is 2.24. The Bertz CT molecular complexity index is 511. The van der Waals surface area contributed by atoms with Crippen LogP contribution in [0.15, 0.2) is 48.5 Å². The number of hydrogen-bond donors (Lipinski definition) is 0. The van der Waals surface area contributed by atoms with E-state index in [4.69, 9.17) is 4.74 Å². The highest BCUT2D eigenvalue weighted by atomic mass is 16.6. The molecule has 0 heterocycles. The maximum Gasteiger partial charge on any atom is 0.311 e. The van der Waals surface area contributed by atoms with Crippen LogP contribution in [0.25, 0.3) is 0 Å². The maximum atomic E-state index is 10.7. The maximum absolute atomic E-state index is 10.7. The van der Waals surface area contributed by atoms with E-state index in [1.165, 1.54) is 6.07 Å². The highest BCUT2D eigenvalue weighted by Crippen LogP contribution is 2.26. The van der Waals surface area contributed by atoms with Crippen LogP contribution in [0.5, 0.6) is 5.75 Å². The SMILES string of the molecule is O=[N+]([O-])c1c[c]ccc1OCc1ccccc1. The van der Waals surface area contributed by atoms with Crippen molar-refractivity contribution in [3.05, 3.63) is 70.3 Å². The minimum absolute atomic E-state index is 0.0663. The summed E-state index contributed by atoms with van der Waals surface area (Å²) in [4.78, 5) is 10.3. The van der Waals surface area contributed by atoms with Crippen LogP contribution >= 0.6 is 0 Å². The third-order valence-corrected chi connectivity index (χ3v) is 2.24. The number of nitrogens with zero attached hydrogens (tertiary/aromatic N) is 1. The first-order valence-corrected chi connectivity index (χ1v) is 5.08. The molecule has 17 heavy (non-hydrogen) atoms. The number of hydrogen-bond acceptors (Lipinski definition) is 3. The lowest BCUT2D eigenvalue weighted by atomic mass is 10.2. The van der Waals surface area contributed by atoms with Crippen molar-refractivity contribution >= 4 is 5.69 Å². The van der Waals surface area contributed by atoms with Crippen LogP contribution in [0.3, 0.4) is 0 Å². The van der Waals surface area contributed by atoms with E-state index >= 15 is 0 Å². The lowest BCUT2D eigenvalue weighted by Crippen LogP contribution is -1.98. The molecular formula is C13H10NO3. The van der Waals surface area contributed by atoms with E-state index in [1.54, 1.807) is 12.1 Å². The molecule has 0 saturated carbocycles. The van der Waals surface area contributed by atoms with Crippen molar-refractivity contribution in [3.63, 3.8) is 0 Å². The zero-order chi connectivity index (χ0) is 12.1. The molecule has 4 nitrogen and oxygen atoms in total. The third kappa shape index (κ3) is 2.81. The van der Waals surface area contributed by atoms with Gasteiger partial charge in [-0.05, 0) is 17.7 Å². The van der Waals surface area contributed by atoms with Crippen LogP contribution in [-0.4, -0.2) is 4.92 Å². The van der Waals surface area contributed by atoms with Gasteiger partial charge in [-0.15, -0.1) is 0 Å². The Hall–Kier alpha value is -2.36. The second kappa shape index (κ2) is 5.12. The predicted octanol–water partition coefficient (Wildman–Crippen LogP) is 2.97. The van der Waals surface area contributed by atoms with Crippen molar-refractivity contribution in [2.75, 3.05) is 0 Å². The quantitative estimate of drug-likeness (QED) is 0.597. The van der Waals surface area contributed by atoms with E-state index in [0.717, 1.165) is 5.56 Å². The topological polar surface area (TPSA) is 52.4 Å². The van der Waals surface area contributed by atoms with Gasteiger partial charge >= 0.3 is 5.69 Å². The summed E-state index contributed by atoms with van der Waals surface area (Å²) in [6, 6.07) is 16.6. The number of rotatable bonds is 4. The van der Waals surface area contributed by atoms with Gasteiger partial charge in [-0.1, -0.05) is 36.4 Å². The fraction of sp³-hybridized carbons (Fsp3) is 0.0769. The predicted molar refractivity (Wildman–Crippen MR) is 62.7 cm³/mol. The molecule has 0 aliphatic rings. The molecule has 0 aliphatic heterocycles. The van der Waals surface area contributed by atoms with Gasteiger partial charge in [0.2, 0.25) is 0 Å². The Morgan fingerprint density at radius 2 is 2.00 bits per heavy atom. The molecule has 4 heteroatoms. The van der Waals surface area contributed by atoms with Gasteiger partial charge in [0, 0.05) is 6.07 Å². The summed E-state index contributed by atoms with van der Waals surface area (Å²) in [6.07, 6.45) is 0. The minimum Gasteiger partial charge on any atom is -0.482 e. The molecular weight excluding hydrogens is 218 g/mol. The van der Waals surface area contributed by atoms with Gasteiger partial charge in [-0.3, -0.25) is 10.1 Å². The van der Waals surface area contributed by atoms with Gasteiger partial charge < -0.3 is 4.74 Å². The average Bonchev–Trinajstić information content (AvgIpc) is 2.38. The van der Waals surface area contributed by atoms with E-state index in [0.29, 0.717) is 6.61 Å². The number of nitro benzene ring substituents is 1. The van der Waals surface area contributed by atoms with Crippen LogP contribution in [0.1, 0.15) is 5.56 Å². The lowest BCUT2D eigenvalue weighted by molar-refractivity contribution is -0.386. The summed E-state index contributed by atoms with van der Waals surface area (Å²) in [5.74, 6) is 0.262. The summed E-state index contributed by atoms with van der Waals surface area (Å²) in [7, 11) is 0. The molecule has 0 aliphatic carbocycles. The van der Waals surface area contributed by atoms with E-state index in [1.807, 2.05) is 30.3 Å².